The molecule has 0 fully saturated rings. The Morgan fingerprint density at radius 1 is 0.500 bits per heavy atom. The lowest BCUT2D eigenvalue weighted by Gasteiger charge is -2.21. The molecule has 0 bridgehead atoms. The van der Waals surface area contributed by atoms with Crippen LogP contribution >= 0.6 is 11.3 Å². The van der Waals surface area contributed by atoms with Crippen LogP contribution in [0, 0.1) is 10.8 Å². The minimum absolute atomic E-state index is 0.124. The zero-order chi connectivity index (χ0) is 39.4. The molecule has 0 spiro atoms. The first-order chi connectivity index (χ1) is 26.5. The topological polar surface area (TPSA) is 35.0 Å². The summed E-state index contributed by atoms with van der Waals surface area (Å²) in [5, 5.41) is 4.82. The second-order valence-electron chi connectivity index (χ2n) is 18.9. The van der Waals surface area contributed by atoms with Crippen LogP contribution in [0.5, 0.6) is 11.8 Å². The average molecular weight is 753 g/mol. The molecule has 8 rings (SSSR count). The fourth-order valence-corrected chi connectivity index (χ4v) is 8.92. The molecule has 0 aliphatic rings. The van der Waals surface area contributed by atoms with Gasteiger partial charge >= 0.3 is 0 Å². The smallest absolute Gasteiger partial charge is 0.222 e. The van der Waals surface area contributed by atoms with E-state index in [0.717, 1.165) is 51.9 Å². The van der Waals surface area contributed by atoms with Gasteiger partial charge < -0.3 is 4.74 Å². The number of fused-ring (bicyclic) bond motifs is 4. The normalized spacial score (nSPS) is 12.5. The lowest BCUT2D eigenvalue weighted by atomic mass is 9.86. The zero-order valence-electron chi connectivity index (χ0n) is 34.2. The Kier molecular flexibility index (Phi) is 9.61. The van der Waals surface area contributed by atoms with Crippen molar-refractivity contribution in [1.82, 2.24) is 9.97 Å². The van der Waals surface area contributed by atoms with E-state index in [1.807, 2.05) is 11.3 Å². The monoisotopic (exact) mass is 752 g/mol. The molecule has 4 heteroatoms. The Morgan fingerprint density at radius 3 is 1.89 bits per heavy atom. The van der Waals surface area contributed by atoms with Crippen LogP contribution in [0.2, 0.25) is 0 Å². The summed E-state index contributed by atoms with van der Waals surface area (Å²) in [6.45, 7) is 20.5. The lowest BCUT2D eigenvalue weighted by Crippen LogP contribution is -2.12. The van der Waals surface area contributed by atoms with Gasteiger partial charge in [0.05, 0.1) is 16.1 Å². The van der Waals surface area contributed by atoms with E-state index in [-0.39, 0.29) is 16.2 Å². The Hall–Kier alpha value is -5.32. The van der Waals surface area contributed by atoms with Crippen molar-refractivity contribution in [3.8, 4) is 45.4 Å². The molecule has 3 heterocycles. The molecule has 3 nitrogen and oxygen atoms in total. The average Bonchev–Trinajstić information content (AvgIpc) is 3.50. The number of hydrogen-bond acceptors (Lipinski definition) is 4. The highest BCUT2D eigenvalue weighted by atomic mass is 32.1. The summed E-state index contributed by atoms with van der Waals surface area (Å²) in [5.41, 5.74) is 10.4. The van der Waals surface area contributed by atoms with Gasteiger partial charge in [-0.1, -0.05) is 153 Å². The maximum Gasteiger partial charge on any atom is 0.222 e. The van der Waals surface area contributed by atoms with E-state index in [0.29, 0.717) is 11.8 Å². The van der Waals surface area contributed by atoms with Crippen LogP contribution in [0.3, 0.4) is 0 Å². The summed E-state index contributed by atoms with van der Waals surface area (Å²) < 4.78 is 9.25. The molecule has 5 aromatic carbocycles. The lowest BCUT2D eigenvalue weighted by molar-refractivity contribution is 0.411. The molecule has 0 aliphatic carbocycles. The van der Waals surface area contributed by atoms with Crippen LogP contribution in [-0.2, 0) is 18.3 Å². The van der Waals surface area contributed by atoms with Crippen molar-refractivity contribution >= 4 is 42.3 Å². The quantitative estimate of drug-likeness (QED) is 0.163. The van der Waals surface area contributed by atoms with Crippen LogP contribution in [0.4, 0.5) is 0 Å². The summed E-state index contributed by atoms with van der Waals surface area (Å²) in [5.74, 6) is 1.07. The number of thiophene rings is 1. The second kappa shape index (κ2) is 14.3. The van der Waals surface area contributed by atoms with Crippen LogP contribution in [0.25, 0.3) is 64.6 Å². The molecule has 0 aliphatic heterocycles. The number of aromatic nitrogens is 2. The Balaban J connectivity index is 1.27. The number of hydrogen-bond donors (Lipinski definition) is 0. The fourth-order valence-electron chi connectivity index (χ4n) is 7.67. The van der Waals surface area contributed by atoms with Crippen LogP contribution in [-0.4, -0.2) is 9.97 Å². The third-order valence-electron chi connectivity index (χ3n) is 10.3. The number of rotatable bonds is 7. The molecule has 3 aromatic heterocycles. The molecule has 0 unspecified atom stereocenters. The third kappa shape index (κ3) is 8.27. The van der Waals surface area contributed by atoms with Gasteiger partial charge in [-0.2, -0.15) is 0 Å². The van der Waals surface area contributed by atoms with Gasteiger partial charge in [0, 0.05) is 38.7 Å². The number of nitrogens with zero attached hydrogens (tertiary/aromatic N) is 2. The highest BCUT2D eigenvalue weighted by Gasteiger charge is 2.21. The highest BCUT2D eigenvalue weighted by molar-refractivity contribution is 7.26. The Labute approximate surface area is 336 Å². The van der Waals surface area contributed by atoms with Crippen LogP contribution in [0.15, 0.2) is 127 Å². The first kappa shape index (κ1) is 37.6. The van der Waals surface area contributed by atoms with Crippen molar-refractivity contribution in [3.63, 3.8) is 0 Å². The minimum atomic E-state index is -0.124. The number of ether oxygens (including phenoxy) is 1. The largest absolute Gasteiger partial charge is 0.421 e. The molecule has 282 valence electrons. The van der Waals surface area contributed by atoms with Crippen molar-refractivity contribution in [3.05, 3.63) is 144 Å². The van der Waals surface area contributed by atoms with E-state index >= 15 is 0 Å². The first-order valence-corrected chi connectivity index (χ1v) is 20.6. The summed E-state index contributed by atoms with van der Waals surface area (Å²) in [6.07, 6.45) is 2.04. The van der Waals surface area contributed by atoms with Gasteiger partial charge in [0.2, 0.25) is 11.8 Å². The Morgan fingerprint density at radius 2 is 1.16 bits per heavy atom. The van der Waals surface area contributed by atoms with Gasteiger partial charge in [-0.25, -0.2) is 9.97 Å². The SMILES string of the molecule is CC(C)(C)Cc1ccc2ccc(-c3nc(Oc4cc(C(C)(C)C)cc(-c5cccc(-c6ccccc6)c5)n4)cc4c3sc3cc(CC(C)(C)C)ccc34)cc2c1. The maximum absolute atomic E-state index is 6.81. The molecular weight excluding hydrogens is 701 g/mol. The summed E-state index contributed by atoms with van der Waals surface area (Å²) in [4.78, 5) is 10.5. The second-order valence-corrected chi connectivity index (χ2v) is 19.9. The van der Waals surface area contributed by atoms with Gasteiger partial charge in [-0.05, 0) is 91.9 Å². The van der Waals surface area contributed by atoms with Gasteiger partial charge in [-0.3, -0.25) is 0 Å². The Bertz CT molecular complexity index is 2720. The van der Waals surface area contributed by atoms with Crippen LogP contribution < -0.4 is 4.74 Å². The van der Waals surface area contributed by atoms with Crippen molar-refractivity contribution in [2.45, 2.75) is 80.6 Å². The van der Waals surface area contributed by atoms with Gasteiger partial charge in [-0.15, -0.1) is 11.3 Å². The molecule has 0 saturated carbocycles. The van der Waals surface area contributed by atoms with Gasteiger partial charge in [0.15, 0.2) is 0 Å². The maximum atomic E-state index is 6.81. The zero-order valence-corrected chi connectivity index (χ0v) is 35.1. The molecule has 8 aromatic rings. The minimum Gasteiger partial charge on any atom is -0.421 e. The third-order valence-corrected chi connectivity index (χ3v) is 11.5. The van der Waals surface area contributed by atoms with E-state index in [9.17, 15) is 0 Å². The summed E-state index contributed by atoms with van der Waals surface area (Å²) in [7, 11) is 0. The van der Waals surface area contributed by atoms with E-state index in [1.54, 1.807) is 0 Å². The summed E-state index contributed by atoms with van der Waals surface area (Å²) >= 11 is 1.83. The molecule has 0 atom stereocenters. The van der Waals surface area contributed by atoms with Crippen molar-refractivity contribution in [1.29, 1.82) is 0 Å². The number of pyridine rings is 2. The fraction of sp³-hybridized carbons (Fsp3) is 0.269. The van der Waals surface area contributed by atoms with Gasteiger partial charge in [0.1, 0.15) is 0 Å². The molecule has 0 amide bonds. The van der Waals surface area contributed by atoms with E-state index in [2.05, 4.69) is 190 Å². The molecule has 56 heavy (non-hydrogen) atoms. The molecule has 0 N–H and O–H groups in total. The highest BCUT2D eigenvalue weighted by Crippen LogP contribution is 2.43. The van der Waals surface area contributed by atoms with Gasteiger partial charge in [0.25, 0.3) is 0 Å². The van der Waals surface area contributed by atoms with E-state index in [1.165, 1.54) is 42.2 Å². The first-order valence-electron chi connectivity index (χ1n) is 19.8. The van der Waals surface area contributed by atoms with Crippen molar-refractivity contribution < 1.29 is 4.74 Å². The van der Waals surface area contributed by atoms with Crippen molar-refractivity contribution in [2.24, 2.45) is 10.8 Å². The molecular formula is C52H52N2OS. The van der Waals surface area contributed by atoms with E-state index < -0.39 is 0 Å². The predicted octanol–water partition coefficient (Wildman–Crippen LogP) is 15.3. The predicted molar refractivity (Wildman–Crippen MR) is 240 cm³/mol. The number of benzene rings is 5. The molecule has 0 saturated heterocycles. The summed E-state index contributed by atoms with van der Waals surface area (Å²) in [6, 6.07) is 46.1. The standard InChI is InChI=1S/C52H52N2OS/c1-50(2,3)31-33-18-20-36-21-22-39(27-40(36)24-33)48-49-43(42-23-19-34(25-45(42)56-49)32-51(4,5)6)30-47(54-48)55-46-29-41(52(7,8)9)28-44(53-46)38-17-13-16-37(26-38)35-14-11-10-12-15-35/h10-30H,31-32H2,1-9H3. The molecule has 0 radical (unpaired) electrons. The van der Waals surface area contributed by atoms with Crippen LogP contribution in [0.1, 0.15) is 79.0 Å². The van der Waals surface area contributed by atoms with Crippen molar-refractivity contribution in [2.75, 3.05) is 0 Å². The van der Waals surface area contributed by atoms with E-state index in [4.69, 9.17) is 14.7 Å².